The summed E-state index contributed by atoms with van der Waals surface area (Å²) in [7, 11) is 0. The third-order valence-corrected chi connectivity index (χ3v) is 2.48. The lowest BCUT2D eigenvalue weighted by molar-refractivity contribution is -0.384. The van der Waals surface area contributed by atoms with Crippen LogP contribution in [0.1, 0.15) is 10.4 Å². The molecule has 0 amide bonds. The van der Waals surface area contributed by atoms with Gasteiger partial charge >= 0.3 is 0 Å². The predicted molar refractivity (Wildman–Crippen MR) is 64.7 cm³/mol. The van der Waals surface area contributed by atoms with Crippen LogP contribution in [0.25, 0.3) is 0 Å². The van der Waals surface area contributed by atoms with E-state index in [0.717, 1.165) is 0 Å². The molecule has 2 rings (SSSR count). The zero-order chi connectivity index (χ0) is 13.1. The number of carbonyl (C=O) groups is 1. The van der Waals surface area contributed by atoms with Crippen LogP contribution in [0.2, 0.25) is 5.02 Å². The fourth-order valence-corrected chi connectivity index (χ4v) is 1.61. The number of nitro benzene ring substituents is 1. The van der Waals surface area contributed by atoms with E-state index in [4.69, 9.17) is 11.6 Å². The first-order valence-corrected chi connectivity index (χ1v) is 5.39. The Kier molecular flexibility index (Phi) is 3.38. The average Bonchev–Trinajstić information content (AvgIpc) is 2.75. The van der Waals surface area contributed by atoms with Crippen molar-refractivity contribution in [1.82, 2.24) is 9.78 Å². The van der Waals surface area contributed by atoms with E-state index in [9.17, 15) is 14.9 Å². The molecule has 7 heteroatoms. The largest absolute Gasteiger partial charge is 0.292 e. The Morgan fingerprint density at radius 1 is 1.50 bits per heavy atom. The van der Waals surface area contributed by atoms with Crippen molar-refractivity contribution >= 4 is 23.1 Å². The molecule has 0 saturated heterocycles. The number of hydrogen-bond donors (Lipinski definition) is 0. The zero-order valence-corrected chi connectivity index (χ0v) is 9.87. The lowest BCUT2D eigenvalue weighted by atomic mass is 10.1. The Morgan fingerprint density at radius 2 is 2.28 bits per heavy atom. The Morgan fingerprint density at radius 3 is 2.89 bits per heavy atom. The van der Waals surface area contributed by atoms with Gasteiger partial charge in [-0.1, -0.05) is 23.7 Å². The summed E-state index contributed by atoms with van der Waals surface area (Å²) in [6.07, 6.45) is 2.93. The smallest absolute Gasteiger partial charge is 0.270 e. The van der Waals surface area contributed by atoms with Gasteiger partial charge in [0.25, 0.3) is 5.69 Å². The topological polar surface area (TPSA) is 78.0 Å². The van der Waals surface area contributed by atoms with Gasteiger partial charge in [-0.25, -0.2) is 0 Å². The molecule has 1 heterocycles. The summed E-state index contributed by atoms with van der Waals surface area (Å²) >= 11 is 5.67. The van der Waals surface area contributed by atoms with E-state index in [1.807, 2.05) is 0 Å². The van der Waals surface area contributed by atoms with Crippen molar-refractivity contribution in [1.29, 1.82) is 0 Å². The second-order valence-corrected chi connectivity index (χ2v) is 4.02. The molecule has 0 aliphatic rings. The van der Waals surface area contributed by atoms with Crippen molar-refractivity contribution < 1.29 is 9.72 Å². The van der Waals surface area contributed by atoms with Crippen molar-refractivity contribution in [2.24, 2.45) is 0 Å². The standard InChI is InChI=1S/C11H8ClN3O3/c12-9-5-13-14(6-9)7-11(16)8-2-1-3-10(4-8)15(17)18/h1-6H,7H2. The second kappa shape index (κ2) is 4.97. The lowest BCUT2D eigenvalue weighted by Crippen LogP contribution is -2.10. The summed E-state index contributed by atoms with van der Waals surface area (Å²) in [6.45, 7) is -0.00606. The lowest BCUT2D eigenvalue weighted by Gasteiger charge is -2.01. The monoisotopic (exact) mass is 265 g/mol. The molecule has 0 bridgehead atoms. The molecule has 1 aromatic carbocycles. The van der Waals surface area contributed by atoms with Crippen LogP contribution in [0, 0.1) is 10.1 Å². The maximum atomic E-state index is 11.9. The van der Waals surface area contributed by atoms with Crippen LogP contribution in [-0.4, -0.2) is 20.5 Å². The highest BCUT2D eigenvalue weighted by Gasteiger charge is 2.12. The van der Waals surface area contributed by atoms with Crippen molar-refractivity contribution in [3.63, 3.8) is 0 Å². The van der Waals surface area contributed by atoms with Crippen LogP contribution in [-0.2, 0) is 6.54 Å². The van der Waals surface area contributed by atoms with Crippen LogP contribution in [0.4, 0.5) is 5.69 Å². The normalized spacial score (nSPS) is 10.3. The van der Waals surface area contributed by atoms with Gasteiger partial charge in [-0.2, -0.15) is 5.10 Å². The maximum absolute atomic E-state index is 11.9. The number of nitrogens with zero attached hydrogens (tertiary/aromatic N) is 3. The summed E-state index contributed by atoms with van der Waals surface area (Å²) in [5, 5.41) is 14.9. The van der Waals surface area contributed by atoms with Gasteiger partial charge in [0, 0.05) is 23.9 Å². The second-order valence-electron chi connectivity index (χ2n) is 3.59. The van der Waals surface area contributed by atoms with Crippen LogP contribution in [0.5, 0.6) is 0 Å². The van der Waals surface area contributed by atoms with Gasteiger partial charge in [0.1, 0.15) is 6.54 Å². The Hall–Kier alpha value is -2.21. The van der Waals surface area contributed by atoms with Crippen LogP contribution in [0.3, 0.4) is 0 Å². The minimum Gasteiger partial charge on any atom is -0.292 e. The van der Waals surface area contributed by atoms with E-state index < -0.39 is 4.92 Å². The third-order valence-electron chi connectivity index (χ3n) is 2.29. The number of nitro groups is 1. The number of halogens is 1. The van der Waals surface area contributed by atoms with E-state index in [1.165, 1.54) is 41.3 Å². The molecule has 1 aromatic heterocycles. The van der Waals surface area contributed by atoms with Gasteiger partial charge in [-0.3, -0.25) is 19.6 Å². The summed E-state index contributed by atoms with van der Waals surface area (Å²) in [6, 6.07) is 5.58. The fraction of sp³-hybridized carbons (Fsp3) is 0.0909. The molecular weight excluding hydrogens is 258 g/mol. The van der Waals surface area contributed by atoms with Crippen LogP contribution in [0.15, 0.2) is 36.7 Å². The van der Waals surface area contributed by atoms with E-state index in [0.29, 0.717) is 5.02 Å². The molecule has 2 aromatic rings. The highest BCUT2D eigenvalue weighted by Crippen LogP contribution is 2.14. The molecule has 0 spiro atoms. The number of benzene rings is 1. The predicted octanol–water partition coefficient (Wildman–Crippen LogP) is 2.33. The van der Waals surface area contributed by atoms with Gasteiger partial charge in [-0.15, -0.1) is 0 Å². The first-order valence-electron chi connectivity index (χ1n) is 5.02. The SMILES string of the molecule is O=C(Cn1cc(Cl)cn1)c1cccc([N+](=O)[O-])c1. The molecule has 18 heavy (non-hydrogen) atoms. The number of ketones is 1. The van der Waals surface area contributed by atoms with E-state index in [-0.39, 0.29) is 23.6 Å². The van der Waals surface area contributed by atoms with Gasteiger partial charge < -0.3 is 0 Å². The Labute approximate surface area is 107 Å². The molecule has 0 atom stereocenters. The minimum atomic E-state index is -0.540. The number of carbonyl (C=O) groups excluding carboxylic acids is 1. The Balaban J connectivity index is 2.18. The van der Waals surface area contributed by atoms with E-state index in [1.54, 1.807) is 0 Å². The molecule has 0 fully saturated rings. The zero-order valence-electron chi connectivity index (χ0n) is 9.12. The van der Waals surface area contributed by atoms with Gasteiger partial charge in [0.05, 0.1) is 16.1 Å². The molecule has 0 saturated carbocycles. The summed E-state index contributed by atoms with van der Waals surface area (Å²) in [4.78, 5) is 21.9. The van der Waals surface area contributed by atoms with E-state index >= 15 is 0 Å². The highest BCUT2D eigenvalue weighted by atomic mass is 35.5. The molecule has 0 aliphatic heterocycles. The first kappa shape index (κ1) is 12.3. The maximum Gasteiger partial charge on any atom is 0.270 e. The number of rotatable bonds is 4. The molecule has 0 N–H and O–H groups in total. The Bertz CT molecular complexity index is 609. The molecule has 0 aliphatic carbocycles. The highest BCUT2D eigenvalue weighted by molar-refractivity contribution is 6.30. The first-order chi connectivity index (χ1) is 8.56. The van der Waals surface area contributed by atoms with Gasteiger partial charge in [0.15, 0.2) is 5.78 Å². The number of aromatic nitrogens is 2. The minimum absolute atomic E-state index is 0.00606. The number of hydrogen-bond acceptors (Lipinski definition) is 4. The molecule has 0 radical (unpaired) electrons. The fourth-order valence-electron chi connectivity index (χ4n) is 1.46. The van der Waals surface area contributed by atoms with Crippen LogP contribution < -0.4 is 0 Å². The van der Waals surface area contributed by atoms with E-state index in [2.05, 4.69) is 5.10 Å². The van der Waals surface area contributed by atoms with Gasteiger partial charge in [-0.05, 0) is 0 Å². The summed E-state index contributed by atoms with van der Waals surface area (Å²) in [5.74, 6) is -0.265. The molecule has 92 valence electrons. The van der Waals surface area contributed by atoms with Crippen molar-refractivity contribution in [2.75, 3.05) is 0 Å². The number of Topliss-reactive ketones (excluding diaryl/α,β-unsaturated/α-hetero) is 1. The van der Waals surface area contributed by atoms with Crippen molar-refractivity contribution in [2.45, 2.75) is 6.54 Å². The van der Waals surface area contributed by atoms with Gasteiger partial charge in [0.2, 0.25) is 0 Å². The molecule has 6 nitrogen and oxygen atoms in total. The van der Waals surface area contributed by atoms with Crippen molar-refractivity contribution in [3.05, 3.63) is 57.4 Å². The average molecular weight is 266 g/mol. The van der Waals surface area contributed by atoms with Crippen molar-refractivity contribution in [3.8, 4) is 0 Å². The van der Waals surface area contributed by atoms with Crippen LogP contribution >= 0.6 is 11.6 Å². The summed E-state index contributed by atoms with van der Waals surface area (Å²) in [5.41, 5.74) is 0.162. The molecular formula is C11H8ClN3O3. The quantitative estimate of drug-likeness (QED) is 0.483. The third kappa shape index (κ3) is 2.72. The number of non-ortho nitro benzene ring substituents is 1. The summed E-state index contributed by atoms with van der Waals surface area (Å²) < 4.78 is 1.38. The molecule has 0 unspecified atom stereocenters.